The van der Waals surface area contributed by atoms with Gasteiger partial charge >= 0.3 is 6.16 Å². The van der Waals surface area contributed by atoms with Crippen molar-refractivity contribution in [2.45, 2.75) is 13.0 Å². The zero-order chi connectivity index (χ0) is 16.1. The summed E-state index contributed by atoms with van der Waals surface area (Å²) in [6, 6.07) is 0. The molecule has 0 bridgehead atoms. The van der Waals surface area contributed by atoms with Gasteiger partial charge < -0.3 is 24.9 Å². The molecular formula is C12H16ClN5O4. The van der Waals surface area contributed by atoms with Gasteiger partial charge in [0.25, 0.3) is 0 Å². The van der Waals surface area contributed by atoms with Gasteiger partial charge in [0.1, 0.15) is 12.1 Å². The number of ether oxygens (including phenoxy) is 2. The smallest absolute Gasteiger partial charge is 0.438 e. The van der Waals surface area contributed by atoms with E-state index >= 15 is 0 Å². The van der Waals surface area contributed by atoms with Crippen molar-refractivity contribution in [2.75, 3.05) is 26.1 Å². The molecule has 2 aromatic rings. The van der Waals surface area contributed by atoms with E-state index in [1.165, 1.54) is 7.11 Å². The van der Waals surface area contributed by atoms with Crippen LogP contribution in [0.3, 0.4) is 0 Å². The number of methoxy groups -OCH3 is 1. The van der Waals surface area contributed by atoms with E-state index in [0.717, 1.165) is 0 Å². The molecule has 0 aliphatic carbocycles. The maximum Gasteiger partial charge on any atom is 0.507 e. The first-order valence-electron chi connectivity index (χ1n) is 6.50. The number of rotatable bonds is 6. The number of carbonyl (C=O) groups is 1. The van der Waals surface area contributed by atoms with Gasteiger partial charge in [-0.2, -0.15) is 9.97 Å². The molecule has 2 rings (SSSR count). The predicted octanol–water partition coefficient (Wildman–Crippen LogP) is 0.843. The van der Waals surface area contributed by atoms with Gasteiger partial charge in [-0.1, -0.05) is 11.6 Å². The van der Waals surface area contributed by atoms with Crippen molar-refractivity contribution in [1.29, 1.82) is 0 Å². The number of halogens is 1. The molecule has 1 unspecified atom stereocenters. The van der Waals surface area contributed by atoms with E-state index in [2.05, 4.69) is 19.7 Å². The molecule has 0 aliphatic rings. The van der Waals surface area contributed by atoms with E-state index in [1.807, 2.05) is 0 Å². The van der Waals surface area contributed by atoms with Gasteiger partial charge in [-0.3, -0.25) is 0 Å². The molecule has 22 heavy (non-hydrogen) atoms. The van der Waals surface area contributed by atoms with Gasteiger partial charge in [-0.15, -0.1) is 0 Å². The molecule has 0 fully saturated rings. The van der Waals surface area contributed by atoms with Crippen LogP contribution in [0.4, 0.5) is 10.7 Å². The number of aliphatic hydroxyl groups is 1. The van der Waals surface area contributed by atoms with Crippen LogP contribution < -0.4 is 5.73 Å². The molecule has 2 heterocycles. The van der Waals surface area contributed by atoms with Gasteiger partial charge in [0, 0.05) is 19.1 Å². The van der Waals surface area contributed by atoms with Crippen molar-refractivity contribution in [3.8, 4) is 0 Å². The van der Waals surface area contributed by atoms with E-state index < -0.39 is 6.16 Å². The Morgan fingerprint density at radius 3 is 3.00 bits per heavy atom. The number of aryl methyl sites for hydroxylation is 1. The van der Waals surface area contributed by atoms with Gasteiger partial charge in [0.05, 0.1) is 13.4 Å². The minimum atomic E-state index is -0.779. The summed E-state index contributed by atoms with van der Waals surface area (Å²) in [7, 11) is 1.22. The number of imidazole rings is 1. The monoisotopic (exact) mass is 329 g/mol. The van der Waals surface area contributed by atoms with Crippen LogP contribution in [0.25, 0.3) is 11.2 Å². The van der Waals surface area contributed by atoms with Crippen LogP contribution in [0.2, 0.25) is 5.15 Å². The van der Waals surface area contributed by atoms with Crippen LogP contribution in [0.1, 0.15) is 6.42 Å². The number of anilines is 1. The molecule has 10 heteroatoms. The highest BCUT2D eigenvalue weighted by atomic mass is 35.5. The minimum absolute atomic E-state index is 0.0620. The lowest BCUT2D eigenvalue weighted by atomic mass is 10.1. The van der Waals surface area contributed by atoms with Gasteiger partial charge in [-0.25, -0.2) is 9.78 Å². The number of hydrogen-bond acceptors (Lipinski definition) is 8. The summed E-state index contributed by atoms with van der Waals surface area (Å²) in [5.41, 5.74) is 6.55. The van der Waals surface area contributed by atoms with Crippen molar-refractivity contribution in [2.24, 2.45) is 5.92 Å². The Bertz CT molecular complexity index is 662. The Hall–Kier alpha value is -2.13. The van der Waals surface area contributed by atoms with Crippen molar-refractivity contribution in [3.63, 3.8) is 0 Å². The minimum Gasteiger partial charge on any atom is -0.438 e. The molecule has 120 valence electrons. The predicted molar refractivity (Wildman–Crippen MR) is 78.3 cm³/mol. The Balaban J connectivity index is 2.03. The van der Waals surface area contributed by atoms with Crippen molar-refractivity contribution in [1.82, 2.24) is 19.5 Å². The zero-order valence-electron chi connectivity index (χ0n) is 11.9. The molecule has 0 radical (unpaired) electrons. The number of hydrogen-bond donors (Lipinski definition) is 2. The summed E-state index contributed by atoms with van der Waals surface area (Å²) in [5, 5.41) is 9.51. The third-order valence-electron chi connectivity index (χ3n) is 3.08. The highest BCUT2D eigenvalue weighted by molar-refractivity contribution is 6.33. The molecule has 0 saturated heterocycles. The Morgan fingerprint density at radius 2 is 2.32 bits per heavy atom. The van der Waals surface area contributed by atoms with Crippen LogP contribution in [0.15, 0.2) is 6.33 Å². The summed E-state index contributed by atoms with van der Waals surface area (Å²) < 4.78 is 11.0. The largest absolute Gasteiger partial charge is 0.507 e. The Kier molecular flexibility index (Phi) is 5.34. The standard InChI is InChI=1S/C12H16ClN5O4/c1-21-12(20)22-5-7(4-19)2-3-18-6-15-8-9(13)16-11(14)17-10(8)18/h6-7,19H,2-5H2,1H3,(H2,14,16,17). The molecular weight excluding hydrogens is 314 g/mol. The fraction of sp³-hybridized carbons (Fsp3) is 0.500. The second-order valence-electron chi connectivity index (χ2n) is 4.59. The number of nitrogens with zero attached hydrogens (tertiary/aromatic N) is 4. The molecule has 9 nitrogen and oxygen atoms in total. The van der Waals surface area contributed by atoms with Crippen LogP contribution in [0.5, 0.6) is 0 Å². The number of nitrogen functional groups attached to an aromatic ring is 1. The average Bonchev–Trinajstić information content (AvgIpc) is 2.90. The number of fused-ring (bicyclic) bond motifs is 1. The molecule has 0 aromatic carbocycles. The normalized spacial score (nSPS) is 12.3. The molecule has 0 saturated carbocycles. The number of aromatic nitrogens is 4. The summed E-state index contributed by atoms with van der Waals surface area (Å²) in [5.74, 6) is -0.168. The number of nitrogens with two attached hydrogens (primary N) is 1. The molecule has 0 aliphatic heterocycles. The third kappa shape index (κ3) is 3.74. The Labute approximate surface area is 131 Å². The molecule has 0 amide bonds. The van der Waals surface area contributed by atoms with Crippen molar-refractivity contribution in [3.05, 3.63) is 11.5 Å². The number of aliphatic hydroxyl groups excluding tert-OH is 1. The van der Waals surface area contributed by atoms with Crippen molar-refractivity contribution >= 4 is 34.9 Å². The van der Waals surface area contributed by atoms with Crippen LogP contribution in [-0.2, 0) is 16.0 Å². The van der Waals surface area contributed by atoms with E-state index in [0.29, 0.717) is 24.1 Å². The summed E-state index contributed by atoms with van der Waals surface area (Å²) in [4.78, 5) is 23.0. The fourth-order valence-electron chi connectivity index (χ4n) is 1.88. The van der Waals surface area contributed by atoms with Crippen LogP contribution >= 0.6 is 11.6 Å². The quantitative estimate of drug-likeness (QED) is 0.590. The van der Waals surface area contributed by atoms with E-state index in [1.54, 1.807) is 10.9 Å². The summed E-state index contributed by atoms with van der Waals surface area (Å²) in [6.45, 7) is 0.439. The lowest BCUT2D eigenvalue weighted by Gasteiger charge is -2.14. The van der Waals surface area contributed by atoms with Crippen LogP contribution in [0, 0.1) is 5.92 Å². The summed E-state index contributed by atoms with van der Waals surface area (Å²) >= 11 is 5.95. The third-order valence-corrected chi connectivity index (χ3v) is 3.34. The average molecular weight is 330 g/mol. The van der Waals surface area contributed by atoms with Gasteiger partial charge in [0.2, 0.25) is 5.95 Å². The van der Waals surface area contributed by atoms with E-state index in [-0.39, 0.29) is 30.2 Å². The van der Waals surface area contributed by atoms with Crippen molar-refractivity contribution < 1.29 is 19.4 Å². The van der Waals surface area contributed by atoms with E-state index in [9.17, 15) is 9.90 Å². The maximum atomic E-state index is 10.9. The zero-order valence-corrected chi connectivity index (χ0v) is 12.7. The fourth-order valence-corrected chi connectivity index (χ4v) is 2.10. The first kappa shape index (κ1) is 16.2. The number of carbonyl (C=O) groups excluding carboxylic acids is 1. The Morgan fingerprint density at radius 1 is 1.55 bits per heavy atom. The highest BCUT2D eigenvalue weighted by Gasteiger charge is 2.14. The van der Waals surface area contributed by atoms with Gasteiger partial charge in [0.15, 0.2) is 10.8 Å². The SMILES string of the molecule is COC(=O)OCC(CO)CCn1cnc2c(Cl)nc(N)nc21. The molecule has 0 spiro atoms. The lowest BCUT2D eigenvalue weighted by Crippen LogP contribution is -2.19. The second kappa shape index (κ2) is 7.23. The molecule has 3 N–H and O–H groups in total. The topological polar surface area (TPSA) is 125 Å². The van der Waals surface area contributed by atoms with Gasteiger partial charge in [-0.05, 0) is 6.42 Å². The first-order chi connectivity index (χ1) is 10.5. The molecule has 2 aromatic heterocycles. The second-order valence-corrected chi connectivity index (χ2v) is 4.94. The lowest BCUT2D eigenvalue weighted by molar-refractivity contribution is 0.0474. The molecule has 1 atom stereocenters. The van der Waals surface area contributed by atoms with E-state index in [4.69, 9.17) is 22.1 Å². The highest BCUT2D eigenvalue weighted by Crippen LogP contribution is 2.20. The maximum absolute atomic E-state index is 10.9. The first-order valence-corrected chi connectivity index (χ1v) is 6.88. The van der Waals surface area contributed by atoms with Crippen LogP contribution in [-0.4, -0.2) is 51.1 Å². The summed E-state index contributed by atoms with van der Waals surface area (Å²) in [6.07, 6.45) is 1.33.